The normalized spacial score (nSPS) is 11.3. The molecule has 0 atom stereocenters. The van der Waals surface area contributed by atoms with Crippen LogP contribution in [0.25, 0.3) is 87.5 Å². The van der Waals surface area contributed by atoms with Gasteiger partial charge in [-0.05, 0) is 74.1 Å². The summed E-state index contributed by atoms with van der Waals surface area (Å²) in [4.78, 5) is 21.2. The molecule has 4 aromatic heterocycles. The number of hydrogen-bond donors (Lipinski definition) is 0. The molecule has 226 valence electrons. The lowest BCUT2D eigenvalue weighted by molar-refractivity contribution is 1.33. The van der Waals surface area contributed by atoms with E-state index in [9.17, 15) is 0 Å². The molecule has 5 aromatic carbocycles. The molecule has 48 heavy (non-hydrogen) atoms. The second kappa shape index (κ2) is 12.1. The predicted molar refractivity (Wildman–Crippen MR) is 201 cm³/mol. The molecular formula is C42H26N4S2. The first-order chi connectivity index (χ1) is 23.8. The average molecular weight is 651 g/mol. The molecule has 0 N–H and O–H groups in total. The molecule has 0 saturated carbocycles. The highest BCUT2D eigenvalue weighted by molar-refractivity contribution is 7.13. The molecule has 0 fully saturated rings. The first-order valence-electron chi connectivity index (χ1n) is 15.7. The van der Waals surface area contributed by atoms with Gasteiger partial charge in [-0.15, -0.1) is 22.7 Å². The summed E-state index contributed by atoms with van der Waals surface area (Å²) >= 11 is 3.20. The zero-order chi connectivity index (χ0) is 31.9. The van der Waals surface area contributed by atoms with E-state index in [1.807, 2.05) is 23.4 Å². The van der Waals surface area contributed by atoms with Gasteiger partial charge in [0.25, 0.3) is 0 Å². The molecule has 0 amide bonds. The zero-order valence-corrected chi connectivity index (χ0v) is 27.2. The van der Waals surface area contributed by atoms with E-state index in [1.165, 1.54) is 16.7 Å². The summed E-state index contributed by atoms with van der Waals surface area (Å²) < 4.78 is 0. The van der Waals surface area contributed by atoms with Crippen molar-refractivity contribution in [3.05, 3.63) is 157 Å². The molecule has 0 aliphatic carbocycles. The van der Waals surface area contributed by atoms with E-state index < -0.39 is 0 Å². The van der Waals surface area contributed by atoms with Crippen LogP contribution in [0.1, 0.15) is 0 Å². The van der Waals surface area contributed by atoms with E-state index in [1.54, 1.807) is 22.7 Å². The van der Waals surface area contributed by atoms with Crippen molar-refractivity contribution in [3.8, 4) is 65.9 Å². The third-order valence-corrected chi connectivity index (χ3v) is 10.3. The topological polar surface area (TPSA) is 51.6 Å². The van der Waals surface area contributed by atoms with Gasteiger partial charge in [-0.3, -0.25) is 9.97 Å². The van der Waals surface area contributed by atoms with Crippen molar-refractivity contribution in [3.63, 3.8) is 0 Å². The number of rotatable bonds is 6. The molecule has 0 radical (unpaired) electrons. The molecule has 4 nitrogen and oxygen atoms in total. The van der Waals surface area contributed by atoms with Gasteiger partial charge >= 0.3 is 0 Å². The van der Waals surface area contributed by atoms with E-state index in [2.05, 4.69) is 143 Å². The standard InChI is InChI=1S/C42H26N4S2/c1-2-10-27(11-3-1)29-12-4-5-13-30(29)28-20-21-33-34(22-28)42(38-19-9-17-36(46-38)40-24-44-26-48-40)32-15-7-6-14-31(32)41(33)37-18-8-16-35(45-37)39-23-43-25-47-39/h1-26H. The maximum atomic E-state index is 5.25. The van der Waals surface area contributed by atoms with Crippen molar-refractivity contribution in [1.29, 1.82) is 0 Å². The Balaban J connectivity index is 1.36. The van der Waals surface area contributed by atoms with E-state index >= 15 is 0 Å². The van der Waals surface area contributed by atoms with Crippen molar-refractivity contribution in [2.45, 2.75) is 0 Å². The molecule has 4 heterocycles. The average Bonchev–Trinajstić information content (AvgIpc) is 3.90. The SMILES string of the molecule is c1ccc(-c2ccccc2-c2ccc3c(-c4cccc(-c5cncs5)n4)c4ccccc4c(-c4cccc(-c5cncs5)n4)c3c2)cc1. The smallest absolute Gasteiger partial charge is 0.0825 e. The van der Waals surface area contributed by atoms with Gasteiger partial charge in [0.1, 0.15) is 0 Å². The highest BCUT2D eigenvalue weighted by Gasteiger charge is 2.20. The minimum atomic E-state index is 0.917. The zero-order valence-electron chi connectivity index (χ0n) is 25.6. The van der Waals surface area contributed by atoms with Crippen LogP contribution < -0.4 is 0 Å². The Hall–Kier alpha value is -5.82. The van der Waals surface area contributed by atoms with Crippen molar-refractivity contribution in [2.75, 3.05) is 0 Å². The number of hydrogen-bond acceptors (Lipinski definition) is 6. The van der Waals surface area contributed by atoms with Gasteiger partial charge in [0, 0.05) is 23.5 Å². The van der Waals surface area contributed by atoms with Gasteiger partial charge in [0.2, 0.25) is 0 Å². The Morgan fingerprint density at radius 1 is 0.375 bits per heavy atom. The number of nitrogens with zero attached hydrogens (tertiary/aromatic N) is 4. The summed E-state index contributed by atoms with van der Waals surface area (Å²) in [6, 6.07) is 47.3. The largest absolute Gasteiger partial charge is 0.252 e. The van der Waals surface area contributed by atoms with E-state index in [0.29, 0.717) is 0 Å². The third-order valence-electron chi connectivity index (χ3n) is 8.73. The lowest BCUT2D eigenvalue weighted by atomic mass is 9.86. The summed E-state index contributed by atoms with van der Waals surface area (Å²) in [5.41, 5.74) is 14.3. The number of fused-ring (bicyclic) bond motifs is 2. The number of aromatic nitrogens is 4. The second-order valence-corrected chi connectivity index (χ2v) is 13.3. The van der Waals surface area contributed by atoms with Crippen molar-refractivity contribution in [2.24, 2.45) is 0 Å². The summed E-state index contributed by atoms with van der Waals surface area (Å²) in [6.07, 6.45) is 3.77. The fourth-order valence-electron chi connectivity index (χ4n) is 6.61. The Labute approximate surface area is 285 Å². The predicted octanol–water partition coefficient (Wildman–Crippen LogP) is 11.7. The van der Waals surface area contributed by atoms with Crippen LogP contribution in [0, 0.1) is 0 Å². The van der Waals surface area contributed by atoms with Gasteiger partial charge in [-0.25, -0.2) is 9.97 Å². The van der Waals surface area contributed by atoms with Gasteiger partial charge in [-0.2, -0.15) is 0 Å². The maximum absolute atomic E-state index is 5.25. The fourth-order valence-corrected chi connectivity index (χ4v) is 7.79. The lowest BCUT2D eigenvalue weighted by Gasteiger charge is -2.19. The Bertz CT molecular complexity index is 2560. The monoisotopic (exact) mass is 650 g/mol. The Kier molecular flexibility index (Phi) is 7.15. The van der Waals surface area contributed by atoms with Crippen LogP contribution in [0.5, 0.6) is 0 Å². The van der Waals surface area contributed by atoms with Crippen LogP contribution in [-0.4, -0.2) is 19.9 Å². The molecule has 6 heteroatoms. The highest BCUT2D eigenvalue weighted by Crippen LogP contribution is 2.45. The molecular weight excluding hydrogens is 625 g/mol. The maximum Gasteiger partial charge on any atom is 0.0825 e. The molecule has 0 spiro atoms. The van der Waals surface area contributed by atoms with Crippen LogP contribution in [-0.2, 0) is 0 Å². The summed E-state index contributed by atoms with van der Waals surface area (Å²) in [6.45, 7) is 0. The lowest BCUT2D eigenvalue weighted by Crippen LogP contribution is -1.95. The molecule has 0 saturated heterocycles. The summed E-state index contributed by atoms with van der Waals surface area (Å²) in [5, 5.41) is 4.52. The van der Waals surface area contributed by atoms with Crippen LogP contribution >= 0.6 is 22.7 Å². The molecule has 9 rings (SSSR count). The third kappa shape index (κ3) is 4.99. The fraction of sp³-hybridized carbons (Fsp3) is 0. The van der Waals surface area contributed by atoms with Crippen LogP contribution in [0.2, 0.25) is 0 Å². The molecule has 9 aromatic rings. The number of thiazole rings is 2. The van der Waals surface area contributed by atoms with Crippen LogP contribution in [0.15, 0.2) is 157 Å². The molecule has 0 bridgehead atoms. The Morgan fingerprint density at radius 3 is 1.46 bits per heavy atom. The first kappa shape index (κ1) is 28.4. The van der Waals surface area contributed by atoms with Crippen LogP contribution in [0.3, 0.4) is 0 Å². The minimum absolute atomic E-state index is 0.917. The van der Waals surface area contributed by atoms with Gasteiger partial charge in [0.15, 0.2) is 0 Å². The summed E-state index contributed by atoms with van der Waals surface area (Å²) in [7, 11) is 0. The van der Waals surface area contributed by atoms with Crippen molar-refractivity contribution >= 4 is 44.2 Å². The van der Waals surface area contributed by atoms with Crippen molar-refractivity contribution in [1.82, 2.24) is 19.9 Å². The highest BCUT2D eigenvalue weighted by atomic mass is 32.1. The second-order valence-electron chi connectivity index (χ2n) is 11.5. The Morgan fingerprint density at radius 2 is 0.875 bits per heavy atom. The number of benzene rings is 5. The molecule has 0 aliphatic heterocycles. The van der Waals surface area contributed by atoms with E-state index in [0.717, 1.165) is 70.8 Å². The molecule has 0 unspecified atom stereocenters. The quantitative estimate of drug-likeness (QED) is 0.168. The van der Waals surface area contributed by atoms with Crippen LogP contribution in [0.4, 0.5) is 0 Å². The van der Waals surface area contributed by atoms with E-state index in [-0.39, 0.29) is 0 Å². The van der Waals surface area contributed by atoms with Gasteiger partial charge < -0.3 is 0 Å². The minimum Gasteiger partial charge on any atom is -0.252 e. The summed E-state index contributed by atoms with van der Waals surface area (Å²) in [5.74, 6) is 0. The van der Waals surface area contributed by atoms with E-state index in [4.69, 9.17) is 9.97 Å². The first-order valence-corrected chi connectivity index (χ1v) is 17.4. The van der Waals surface area contributed by atoms with Gasteiger partial charge in [0.05, 0.1) is 43.6 Å². The number of pyridine rings is 2. The van der Waals surface area contributed by atoms with Crippen molar-refractivity contribution < 1.29 is 0 Å². The molecule has 0 aliphatic rings. The van der Waals surface area contributed by atoms with Gasteiger partial charge in [-0.1, -0.05) is 103 Å².